The molecule has 0 spiro atoms. The number of aryl methyl sites for hydroxylation is 1. The monoisotopic (exact) mass is 312 g/mol. The molecule has 5 heteroatoms. The van der Waals surface area contributed by atoms with Crippen LogP contribution < -0.4 is 5.32 Å². The zero-order valence-corrected chi connectivity index (χ0v) is 13.8. The molecule has 1 saturated heterocycles. The average molecular weight is 312 g/mol. The second-order valence-corrected chi connectivity index (χ2v) is 5.91. The fraction of sp³-hybridized carbons (Fsp3) is 0.444. The maximum Gasteiger partial charge on any atom is 0.130 e. The minimum absolute atomic E-state index is 0.389. The minimum Gasteiger partial charge on any atom is -0.383 e. The van der Waals surface area contributed by atoms with Crippen LogP contribution in [0.3, 0.4) is 0 Å². The van der Waals surface area contributed by atoms with Crippen LogP contribution in [0.1, 0.15) is 29.5 Å². The van der Waals surface area contributed by atoms with Crippen molar-refractivity contribution in [2.75, 3.05) is 32.1 Å². The molecule has 0 saturated carbocycles. The number of hydrogen-bond acceptors (Lipinski definition) is 5. The van der Waals surface area contributed by atoms with Crippen LogP contribution in [-0.2, 0) is 11.3 Å². The summed E-state index contributed by atoms with van der Waals surface area (Å²) in [5, 5.41) is 3.30. The first kappa shape index (κ1) is 15.9. The summed E-state index contributed by atoms with van der Waals surface area (Å²) in [6, 6.07) is 13.1. The number of hydrogen-bond donors (Lipinski definition) is 1. The number of benzene rings is 1. The molecule has 23 heavy (non-hydrogen) atoms. The molecule has 1 aliphatic rings. The van der Waals surface area contributed by atoms with Gasteiger partial charge < -0.3 is 10.1 Å². The summed E-state index contributed by atoms with van der Waals surface area (Å²) in [7, 11) is 1.70. The summed E-state index contributed by atoms with van der Waals surface area (Å²) in [6.45, 7) is 5.47. The van der Waals surface area contributed by atoms with Crippen LogP contribution in [0.2, 0.25) is 0 Å². The van der Waals surface area contributed by atoms with Gasteiger partial charge in [-0.25, -0.2) is 9.97 Å². The Kier molecular flexibility index (Phi) is 5.20. The lowest BCUT2D eigenvalue weighted by Crippen LogP contribution is -2.40. The van der Waals surface area contributed by atoms with Gasteiger partial charge in [-0.1, -0.05) is 30.3 Å². The van der Waals surface area contributed by atoms with Gasteiger partial charge in [-0.05, 0) is 18.9 Å². The first-order valence-corrected chi connectivity index (χ1v) is 8.12. The third-order valence-corrected chi connectivity index (χ3v) is 4.17. The number of nitrogens with one attached hydrogen (secondary N) is 1. The number of anilines is 1. The molecule has 2 aromatic rings. The predicted molar refractivity (Wildman–Crippen MR) is 91.3 cm³/mol. The topological polar surface area (TPSA) is 50.3 Å². The van der Waals surface area contributed by atoms with E-state index in [9.17, 15) is 0 Å². The lowest BCUT2D eigenvalue weighted by molar-refractivity contribution is 0.0785. The number of rotatable bonds is 7. The molecule has 0 radical (unpaired) electrons. The van der Waals surface area contributed by atoms with Crippen molar-refractivity contribution in [3.8, 4) is 0 Å². The molecule has 1 aromatic carbocycles. The number of aromatic nitrogens is 2. The highest BCUT2D eigenvalue weighted by molar-refractivity contribution is 5.37. The van der Waals surface area contributed by atoms with Crippen LogP contribution >= 0.6 is 0 Å². The summed E-state index contributed by atoms with van der Waals surface area (Å²) in [5.41, 5.74) is 2.46. The van der Waals surface area contributed by atoms with Gasteiger partial charge in [-0.3, -0.25) is 4.90 Å². The Labute approximate surface area is 137 Å². The third kappa shape index (κ3) is 4.06. The Morgan fingerprint density at radius 3 is 2.78 bits per heavy atom. The van der Waals surface area contributed by atoms with Crippen molar-refractivity contribution >= 4 is 5.82 Å². The molecule has 122 valence electrons. The molecule has 0 amide bonds. The number of ether oxygens (including phenoxy) is 1. The van der Waals surface area contributed by atoms with Gasteiger partial charge in [0, 0.05) is 32.8 Å². The molecule has 0 bridgehead atoms. The van der Waals surface area contributed by atoms with Crippen LogP contribution in [0.4, 0.5) is 5.82 Å². The zero-order valence-electron chi connectivity index (χ0n) is 13.8. The van der Waals surface area contributed by atoms with Crippen LogP contribution in [0.15, 0.2) is 36.4 Å². The van der Waals surface area contributed by atoms with E-state index in [-0.39, 0.29) is 0 Å². The number of nitrogens with zero attached hydrogens (tertiary/aromatic N) is 3. The van der Waals surface area contributed by atoms with Crippen molar-refractivity contribution in [3.63, 3.8) is 0 Å². The molecule has 2 heterocycles. The summed E-state index contributed by atoms with van der Waals surface area (Å²) in [5.74, 6) is 1.70. The van der Waals surface area contributed by atoms with E-state index in [4.69, 9.17) is 4.74 Å². The number of methoxy groups -OCH3 is 1. The fourth-order valence-corrected chi connectivity index (χ4v) is 2.92. The van der Waals surface area contributed by atoms with E-state index in [0.717, 1.165) is 43.4 Å². The van der Waals surface area contributed by atoms with E-state index in [1.165, 1.54) is 5.56 Å². The van der Waals surface area contributed by atoms with E-state index >= 15 is 0 Å². The highest BCUT2D eigenvalue weighted by Gasteiger charge is 2.30. The Balaban J connectivity index is 1.68. The van der Waals surface area contributed by atoms with Gasteiger partial charge in [0.25, 0.3) is 0 Å². The highest BCUT2D eigenvalue weighted by atomic mass is 16.5. The van der Waals surface area contributed by atoms with Crippen molar-refractivity contribution in [2.45, 2.75) is 25.9 Å². The molecule has 1 aliphatic heterocycles. The normalized spacial score (nSPS) is 17.7. The van der Waals surface area contributed by atoms with Gasteiger partial charge in [0.15, 0.2) is 0 Å². The molecule has 3 rings (SSSR count). The summed E-state index contributed by atoms with van der Waals surface area (Å²) in [4.78, 5) is 11.6. The van der Waals surface area contributed by atoms with E-state index < -0.39 is 0 Å². The lowest BCUT2D eigenvalue weighted by atomic mass is 9.98. The lowest BCUT2D eigenvalue weighted by Gasteiger charge is -2.40. The van der Waals surface area contributed by atoms with Gasteiger partial charge in [0.1, 0.15) is 11.6 Å². The average Bonchev–Trinajstić information content (AvgIpc) is 2.52. The molecule has 0 aliphatic carbocycles. The Morgan fingerprint density at radius 2 is 2.09 bits per heavy atom. The molecular formula is C18H24N4O. The van der Waals surface area contributed by atoms with Gasteiger partial charge in [-0.15, -0.1) is 0 Å². The van der Waals surface area contributed by atoms with Gasteiger partial charge in [0.05, 0.1) is 18.3 Å². The molecule has 1 atom stereocenters. The Bertz CT molecular complexity index is 632. The van der Waals surface area contributed by atoms with Gasteiger partial charge in [-0.2, -0.15) is 0 Å². The molecule has 1 aromatic heterocycles. The summed E-state index contributed by atoms with van der Waals surface area (Å²) < 4.78 is 5.07. The predicted octanol–water partition coefficient (Wildman–Crippen LogP) is 2.79. The van der Waals surface area contributed by atoms with Crippen molar-refractivity contribution in [3.05, 3.63) is 53.5 Å². The van der Waals surface area contributed by atoms with E-state index in [0.29, 0.717) is 12.6 Å². The smallest absolute Gasteiger partial charge is 0.130 e. The summed E-state index contributed by atoms with van der Waals surface area (Å²) in [6.07, 6.45) is 1.15. The van der Waals surface area contributed by atoms with Crippen LogP contribution in [-0.4, -0.2) is 41.7 Å². The van der Waals surface area contributed by atoms with E-state index in [1.54, 1.807) is 7.11 Å². The van der Waals surface area contributed by atoms with Gasteiger partial charge in [0.2, 0.25) is 0 Å². The maximum absolute atomic E-state index is 5.07. The van der Waals surface area contributed by atoms with Crippen LogP contribution in [0, 0.1) is 6.92 Å². The standard InChI is InChI=1S/C18H24N4O/c1-14-20-16(12-18(21-14)19-9-11-23-2)17-8-10-22(17)13-15-6-4-3-5-7-15/h3-7,12,17H,8-11,13H2,1-2H3,(H,19,20,21). The van der Waals surface area contributed by atoms with E-state index in [2.05, 4.69) is 56.6 Å². The second kappa shape index (κ2) is 7.53. The quantitative estimate of drug-likeness (QED) is 0.797. The van der Waals surface area contributed by atoms with Crippen molar-refractivity contribution in [2.24, 2.45) is 0 Å². The van der Waals surface area contributed by atoms with Crippen molar-refractivity contribution < 1.29 is 4.74 Å². The molecule has 1 fully saturated rings. The highest BCUT2D eigenvalue weighted by Crippen LogP contribution is 2.34. The third-order valence-electron chi connectivity index (χ3n) is 4.17. The SMILES string of the molecule is COCCNc1cc(C2CCN2Cc2ccccc2)nc(C)n1. The molecule has 5 nitrogen and oxygen atoms in total. The van der Waals surface area contributed by atoms with Crippen LogP contribution in [0.5, 0.6) is 0 Å². The molecule has 1 N–H and O–H groups in total. The molecule has 1 unspecified atom stereocenters. The van der Waals surface area contributed by atoms with Crippen molar-refractivity contribution in [1.82, 2.24) is 14.9 Å². The van der Waals surface area contributed by atoms with E-state index in [1.807, 2.05) is 6.92 Å². The Morgan fingerprint density at radius 1 is 1.26 bits per heavy atom. The fourth-order valence-electron chi connectivity index (χ4n) is 2.92. The van der Waals surface area contributed by atoms with Crippen LogP contribution in [0.25, 0.3) is 0 Å². The zero-order chi connectivity index (χ0) is 16.1. The first-order valence-electron chi connectivity index (χ1n) is 8.12. The first-order chi connectivity index (χ1) is 11.3. The summed E-state index contributed by atoms with van der Waals surface area (Å²) >= 11 is 0. The Hall–Kier alpha value is -1.98. The largest absolute Gasteiger partial charge is 0.383 e. The molecular weight excluding hydrogens is 288 g/mol. The van der Waals surface area contributed by atoms with Gasteiger partial charge >= 0.3 is 0 Å². The maximum atomic E-state index is 5.07. The number of likely N-dealkylation sites (tertiary alicyclic amines) is 1. The van der Waals surface area contributed by atoms with Crippen molar-refractivity contribution in [1.29, 1.82) is 0 Å². The second-order valence-electron chi connectivity index (χ2n) is 5.91. The minimum atomic E-state index is 0.389.